The van der Waals surface area contributed by atoms with Crippen LogP contribution in [0.15, 0.2) is 29.4 Å². The highest BCUT2D eigenvalue weighted by atomic mass is 35.5. The van der Waals surface area contributed by atoms with Crippen molar-refractivity contribution in [3.63, 3.8) is 0 Å². The van der Waals surface area contributed by atoms with Gasteiger partial charge in [0.15, 0.2) is 11.0 Å². The van der Waals surface area contributed by atoms with Gasteiger partial charge in [0.05, 0.1) is 10.3 Å². The van der Waals surface area contributed by atoms with Crippen LogP contribution in [0, 0.1) is 0 Å². The molecular formula is C19H25ClN4OS. The number of carbonyl (C=O) groups excluding carboxylic acids is 1. The zero-order chi connectivity index (χ0) is 18.5. The third-order valence-corrected chi connectivity index (χ3v) is 6.27. The normalized spacial score (nSPS) is 16.9. The van der Waals surface area contributed by atoms with Crippen LogP contribution in [-0.4, -0.2) is 32.0 Å². The van der Waals surface area contributed by atoms with Crippen LogP contribution in [-0.2, 0) is 11.8 Å². The molecule has 5 nitrogen and oxygen atoms in total. The van der Waals surface area contributed by atoms with E-state index >= 15 is 0 Å². The zero-order valence-electron chi connectivity index (χ0n) is 15.2. The van der Waals surface area contributed by atoms with E-state index in [1.54, 1.807) is 0 Å². The predicted octanol–water partition coefficient (Wildman–Crippen LogP) is 4.46. The number of halogens is 1. The number of thioether (sulfide) groups is 1. The Hall–Kier alpha value is -1.53. The van der Waals surface area contributed by atoms with Crippen LogP contribution in [0.25, 0.3) is 11.4 Å². The Kier molecular flexibility index (Phi) is 6.59. The van der Waals surface area contributed by atoms with E-state index < -0.39 is 0 Å². The molecule has 0 unspecified atom stereocenters. The molecule has 1 fully saturated rings. The molecule has 0 radical (unpaired) electrons. The third kappa shape index (κ3) is 4.60. The molecule has 1 N–H and O–H groups in total. The molecule has 7 heteroatoms. The maximum absolute atomic E-state index is 12.6. The summed E-state index contributed by atoms with van der Waals surface area (Å²) in [6.45, 7) is 1.92. The van der Waals surface area contributed by atoms with E-state index in [9.17, 15) is 4.79 Å². The molecule has 0 spiro atoms. The number of amides is 1. The van der Waals surface area contributed by atoms with E-state index in [1.807, 2.05) is 42.8 Å². The summed E-state index contributed by atoms with van der Waals surface area (Å²) >= 11 is 7.69. The Labute approximate surface area is 163 Å². The SMILES string of the molecule is C[C@H](Sc1nnc(-c2ccccc2Cl)n1C)C(=O)NC1CCCCCC1. The second-order valence-corrected chi connectivity index (χ2v) is 8.52. The molecule has 0 saturated heterocycles. The van der Waals surface area contributed by atoms with Crippen LogP contribution in [0.1, 0.15) is 45.4 Å². The predicted molar refractivity (Wildman–Crippen MR) is 106 cm³/mol. The molecular weight excluding hydrogens is 368 g/mol. The van der Waals surface area contributed by atoms with Crippen molar-refractivity contribution < 1.29 is 4.79 Å². The van der Waals surface area contributed by atoms with E-state index in [2.05, 4.69) is 15.5 Å². The Morgan fingerprint density at radius 3 is 2.62 bits per heavy atom. The number of hydrogen-bond donors (Lipinski definition) is 1. The Morgan fingerprint density at radius 2 is 1.92 bits per heavy atom. The van der Waals surface area contributed by atoms with Gasteiger partial charge in [-0.25, -0.2) is 0 Å². The minimum absolute atomic E-state index is 0.0733. The van der Waals surface area contributed by atoms with Crippen LogP contribution < -0.4 is 5.32 Å². The first-order chi connectivity index (χ1) is 12.6. The Balaban J connectivity index is 1.65. The quantitative estimate of drug-likeness (QED) is 0.603. The summed E-state index contributed by atoms with van der Waals surface area (Å²) < 4.78 is 1.89. The largest absolute Gasteiger partial charge is 0.352 e. The lowest BCUT2D eigenvalue weighted by atomic mass is 10.1. The molecule has 26 heavy (non-hydrogen) atoms. The highest BCUT2D eigenvalue weighted by molar-refractivity contribution is 8.00. The molecule has 1 aliphatic rings. The van der Waals surface area contributed by atoms with Crippen LogP contribution in [0.4, 0.5) is 0 Å². The summed E-state index contributed by atoms with van der Waals surface area (Å²) in [6.07, 6.45) is 7.14. The van der Waals surface area contributed by atoms with Gasteiger partial charge in [-0.05, 0) is 31.9 Å². The van der Waals surface area contributed by atoms with Gasteiger partial charge < -0.3 is 9.88 Å². The molecule has 1 aliphatic carbocycles. The van der Waals surface area contributed by atoms with Gasteiger partial charge in [0, 0.05) is 18.7 Å². The van der Waals surface area contributed by atoms with Crippen molar-refractivity contribution in [1.29, 1.82) is 0 Å². The van der Waals surface area contributed by atoms with Gasteiger partial charge in [-0.15, -0.1) is 10.2 Å². The monoisotopic (exact) mass is 392 g/mol. The van der Waals surface area contributed by atoms with Crippen LogP contribution in [0.3, 0.4) is 0 Å². The highest BCUT2D eigenvalue weighted by Crippen LogP contribution is 2.29. The van der Waals surface area contributed by atoms with Crippen molar-refractivity contribution in [1.82, 2.24) is 20.1 Å². The van der Waals surface area contributed by atoms with Gasteiger partial charge in [0.2, 0.25) is 5.91 Å². The fourth-order valence-electron chi connectivity index (χ4n) is 3.25. The summed E-state index contributed by atoms with van der Waals surface area (Å²) in [5, 5.41) is 12.9. The van der Waals surface area contributed by atoms with Crippen LogP contribution in [0.2, 0.25) is 5.02 Å². The summed E-state index contributed by atoms with van der Waals surface area (Å²) in [5.41, 5.74) is 0.839. The maximum atomic E-state index is 12.6. The Morgan fingerprint density at radius 1 is 1.23 bits per heavy atom. The van der Waals surface area contributed by atoms with Gasteiger partial charge in [-0.2, -0.15) is 0 Å². The molecule has 3 rings (SSSR count). The van der Waals surface area contributed by atoms with Gasteiger partial charge in [0.25, 0.3) is 0 Å². The average molecular weight is 393 g/mol. The summed E-state index contributed by atoms with van der Waals surface area (Å²) in [5.74, 6) is 0.777. The number of nitrogens with one attached hydrogen (secondary N) is 1. The van der Waals surface area contributed by atoms with Crippen molar-refractivity contribution >= 4 is 29.3 Å². The lowest BCUT2D eigenvalue weighted by Gasteiger charge is -2.19. The summed E-state index contributed by atoms with van der Waals surface area (Å²) in [7, 11) is 1.90. The molecule has 0 bridgehead atoms. The first kappa shape index (κ1) is 19.2. The first-order valence-corrected chi connectivity index (χ1v) is 10.4. The number of aromatic nitrogens is 3. The van der Waals surface area contributed by atoms with Crippen molar-refractivity contribution in [3.8, 4) is 11.4 Å². The summed E-state index contributed by atoms with van der Waals surface area (Å²) in [4.78, 5) is 12.6. The van der Waals surface area contributed by atoms with Crippen molar-refractivity contribution in [3.05, 3.63) is 29.3 Å². The molecule has 0 aliphatic heterocycles. The topological polar surface area (TPSA) is 59.8 Å². The number of hydrogen-bond acceptors (Lipinski definition) is 4. The zero-order valence-corrected chi connectivity index (χ0v) is 16.8. The molecule has 1 aromatic heterocycles. The van der Waals surface area contributed by atoms with Crippen molar-refractivity contribution in [2.75, 3.05) is 0 Å². The first-order valence-electron chi connectivity index (χ1n) is 9.17. The van der Waals surface area contributed by atoms with Gasteiger partial charge in [-0.1, -0.05) is 61.2 Å². The van der Waals surface area contributed by atoms with E-state index in [0.717, 1.165) is 18.4 Å². The average Bonchev–Trinajstić information content (AvgIpc) is 2.83. The smallest absolute Gasteiger partial charge is 0.233 e. The maximum Gasteiger partial charge on any atom is 0.233 e. The van der Waals surface area contributed by atoms with E-state index in [0.29, 0.717) is 22.0 Å². The van der Waals surface area contributed by atoms with Crippen LogP contribution >= 0.6 is 23.4 Å². The van der Waals surface area contributed by atoms with E-state index in [4.69, 9.17) is 11.6 Å². The Bertz CT molecular complexity index is 756. The van der Waals surface area contributed by atoms with E-state index in [1.165, 1.54) is 37.4 Å². The number of rotatable bonds is 5. The number of carbonyl (C=O) groups is 1. The minimum atomic E-state index is -0.222. The van der Waals surface area contributed by atoms with Crippen molar-refractivity contribution in [2.45, 2.75) is 61.9 Å². The minimum Gasteiger partial charge on any atom is -0.352 e. The number of benzene rings is 1. The standard InChI is InChI=1S/C19H25ClN4OS/c1-13(18(25)21-14-9-5-3-4-6-10-14)26-19-23-22-17(24(19)2)15-11-7-8-12-16(15)20/h7-8,11-14H,3-6,9-10H2,1-2H3,(H,21,25)/t13-/m0/s1. The molecule has 1 heterocycles. The second kappa shape index (κ2) is 8.91. The summed E-state index contributed by atoms with van der Waals surface area (Å²) in [6, 6.07) is 7.87. The number of nitrogens with zero attached hydrogens (tertiary/aromatic N) is 3. The van der Waals surface area contributed by atoms with Gasteiger partial charge >= 0.3 is 0 Å². The lowest BCUT2D eigenvalue weighted by Crippen LogP contribution is -2.39. The second-order valence-electron chi connectivity index (χ2n) is 6.80. The fourth-order valence-corrected chi connectivity index (χ4v) is 4.29. The van der Waals surface area contributed by atoms with E-state index in [-0.39, 0.29) is 11.2 Å². The molecule has 1 aromatic carbocycles. The molecule has 1 saturated carbocycles. The lowest BCUT2D eigenvalue weighted by molar-refractivity contribution is -0.121. The fraction of sp³-hybridized carbons (Fsp3) is 0.526. The molecule has 2 aromatic rings. The highest BCUT2D eigenvalue weighted by Gasteiger charge is 2.22. The van der Waals surface area contributed by atoms with Crippen molar-refractivity contribution in [2.24, 2.45) is 7.05 Å². The van der Waals surface area contributed by atoms with Gasteiger partial charge in [-0.3, -0.25) is 4.79 Å². The molecule has 1 amide bonds. The third-order valence-electron chi connectivity index (χ3n) is 4.80. The molecule has 140 valence electrons. The molecule has 1 atom stereocenters. The van der Waals surface area contributed by atoms with Crippen LogP contribution in [0.5, 0.6) is 0 Å². The van der Waals surface area contributed by atoms with Gasteiger partial charge in [0.1, 0.15) is 0 Å².